The molecule has 3 nitrogen and oxygen atoms in total. The Hall–Kier alpha value is -3.43. The van der Waals surface area contributed by atoms with E-state index in [0.717, 1.165) is 34.0 Å². The van der Waals surface area contributed by atoms with Gasteiger partial charge in [0.15, 0.2) is 0 Å². The van der Waals surface area contributed by atoms with Gasteiger partial charge in [-0.25, -0.2) is 0 Å². The molecular formula is C28H27NO2. The van der Waals surface area contributed by atoms with Gasteiger partial charge in [0, 0.05) is 12.8 Å². The Bertz CT molecular complexity index is 1190. The van der Waals surface area contributed by atoms with Gasteiger partial charge in [-0.05, 0) is 52.4 Å². The van der Waals surface area contributed by atoms with Crippen molar-refractivity contribution >= 4 is 22.4 Å². The first kappa shape index (κ1) is 20.8. The van der Waals surface area contributed by atoms with Crippen LogP contribution in [0.25, 0.3) is 10.8 Å². The minimum absolute atomic E-state index is 0.0598. The van der Waals surface area contributed by atoms with E-state index in [1.54, 1.807) is 7.11 Å². The van der Waals surface area contributed by atoms with Crippen LogP contribution in [0.5, 0.6) is 0 Å². The molecule has 0 aromatic heterocycles. The Balaban J connectivity index is 1.64. The number of nitrogens with one attached hydrogen (secondary N) is 1. The number of hydrogen-bond acceptors (Lipinski definition) is 2. The van der Waals surface area contributed by atoms with Crippen molar-refractivity contribution in [2.24, 2.45) is 0 Å². The Morgan fingerprint density at radius 1 is 0.839 bits per heavy atom. The van der Waals surface area contributed by atoms with E-state index in [1.165, 1.54) is 11.1 Å². The molecule has 4 rings (SSSR count). The van der Waals surface area contributed by atoms with E-state index in [1.807, 2.05) is 48.5 Å². The van der Waals surface area contributed by atoms with Crippen molar-refractivity contribution in [2.45, 2.75) is 19.3 Å². The van der Waals surface area contributed by atoms with Gasteiger partial charge in [0.05, 0.1) is 12.5 Å². The van der Waals surface area contributed by atoms with E-state index in [9.17, 15) is 4.79 Å². The quantitative estimate of drug-likeness (QED) is 0.400. The summed E-state index contributed by atoms with van der Waals surface area (Å²) in [5.74, 6) is -0.460. The molecule has 1 unspecified atom stereocenters. The molecule has 0 radical (unpaired) electrons. The highest BCUT2D eigenvalue weighted by Crippen LogP contribution is 2.28. The molecule has 4 aromatic carbocycles. The lowest BCUT2D eigenvalue weighted by atomic mass is 9.93. The van der Waals surface area contributed by atoms with Gasteiger partial charge in [-0.3, -0.25) is 4.79 Å². The lowest BCUT2D eigenvalue weighted by molar-refractivity contribution is -0.118. The summed E-state index contributed by atoms with van der Waals surface area (Å²) in [5, 5.41) is 5.38. The molecular weight excluding hydrogens is 382 g/mol. The van der Waals surface area contributed by atoms with Gasteiger partial charge in [0.1, 0.15) is 0 Å². The fraction of sp³-hybridized carbons (Fsp3) is 0.179. The van der Waals surface area contributed by atoms with Crippen LogP contribution in [0.1, 0.15) is 28.2 Å². The second kappa shape index (κ2) is 9.59. The van der Waals surface area contributed by atoms with Crippen LogP contribution in [-0.4, -0.2) is 19.6 Å². The van der Waals surface area contributed by atoms with Gasteiger partial charge in [-0.2, -0.15) is 0 Å². The summed E-state index contributed by atoms with van der Waals surface area (Å²) in [7, 11) is 1.64. The van der Waals surface area contributed by atoms with Crippen molar-refractivity contribution in [1.82, 2.24) is 0 Å². The maximum Gasteiger partial charge on any atom is 0.234 e. The number of methoxy groups -OCH3 is 1. The molecule has 156 valence electrons. The zero-order chi connectivity index (χ0) is 21.6. The summed E-state index contributed by atoms with van der Waals surface area (Å²) in [6.45, 7) is 2.44. The van der Waals surface area contributed by atoms with Crippen LogP contribution in [0, 0.1) is 6.92 Å². The van der Waals surface area contributed by atoms with Crippen LogP contribution < -0.4 is 5.32 Å². The van der Waals surface area contributed by atoms with Crippen molar-refractivity contribution in [3.8, 4) is 0 Å². The number of fused-ring (bicyclic) bond motifs is 1. The summed E-state index contributed by atoms with van der Waals surface area (Å²) in [6, 6.07) is 30.6. The zero-order valence-corrected chi connectivity index (χ0v) is 18.0. The summed E-state index contributed by atoms with van der Waals surface area (Å²) in [5.41, 5.74) is 5.42. The van der Waals surface area contributed by atoms with E-state index in [2.05, 4.69) is 54.7 Å². The van der Waals surface area contributed by atoms with Gasteiger partial charge < -0.3 is 10.1 Å². The molecule has 1 amide bonds. The number of carbonyl (C=O) groups excluding carboxylic acids is 1. The number of hydrogen-bond donors (Lipinski definition) is 1. The fourth-order valence-corrected chi connectivity index (χ4v) is 4.06. The normalized spacial score (nSPS) is 11.9. The molecule has 1 N–H and O–H groups in total. The summed E-state index contributed by atoms with van der Waals surface area (Å²) in [6.07, 6.45) is 0.770. The Kier molecular flexibility index (Phi) is 6.44. The number of benzene rings is 4. The predicted octanol–water partition coefficient (Wildman–Crippen LogP) is 6.11. The van der Waals surface area contributed by atoms with E-state index in [0.29, 0.717) is 6.61 Å². The summed E-state index contributed by atoms with van der Waals surface area (Å²) < 4.78 is 5.45. The molecule has 0 aliphatic heterocycles. The van der Waals surface area contributed by atoms with Gasteiger partial charge in [-0.1, -0.05) is 84.9 Å². The number of ether oxygens (including phenoxy) is 1. The highest BCUT2D eigenvalue weighted by atomic mass is 16.5. The second-order valence-corrected chi connectivity index (χ2v) is 7.83. The first-order chi connectivity index (χ1) is 15.2. The molecule has 0 spiro atoms. The molecule has 0 fully saturated rings. The van der Waals surface area contributed by atoms with Crippen molar-refractivity contribution in [1.29, 1.82) is 0 Å². The number of anilines is 1. The molecule has 0 saturated carbocycles. The summed E-state index contributed by atoms with van der Waals surface area (Å²) >= 11 is 0. The minimum atomic E-state index is -0.400. The van der Waals surface area contributed by atoms with Crippen LogP contribution in [0.15, 0.2) is 91.0 Å². The third-order valence-corrected chi connectivity index (χ3v) is 5.77. The van der Waals surface area contributed by atoms with E-state index < -0.39 is 5.92 Å². The van der Waals surface area contributed by atoms with Gasteiger partial charge in [0.25, 0.3) is 0 Å². The van der Waals surface area contributed by atoms with Gasteiger partial charge in [-0.15, -0.1) is 0 Å². The van der Waals surface area contributed by atoms with Crippen LogP contribution in [0.3, 0.4) is 0 Å². The van der Waals surface area contributed by atoms with E-state index in [4.69, 9.17) is 4.74 Å². The van der Waals surface area contributed by atoms with Crippen molar-refractivity contribution in [3.05, 3.63) is 113 Å². The minimum Gasteiger partial charge on any atom is -0.384 e. The molecule has 0 bridgehead atoms. The maximum atomic E-state index is 13.4. The lowest BCUT2D eigenvalue weighted by Gasteiger charge is -2.20. The molecule has 3 heteroatoms. The first-order valence-corrected chi connectivity index (χ1v) is 10.6. The molecule has 0 saturated heterocycles. The maximum absolute atomic E-state index is 13.4. The Morgan fingerprint density at radius 3 is 2.32 bits per heavy atom. The number of rotatable bonds is 7. The van der Waals surface area contributed by atoms with Gasteiger partial charge in [0.2, 0.25) is 5.91 Å². The molecule has 31 heavy (non-hydrogen) atoms. The van der Waals surface area contributed by atoms with Crippen LogP contribution >= 0.6 is 0 Å². The number of carbonyl (C=O) groups is 1. The molecule has 0 aliphatic rings. The second-order valence-electron chi connectivity index (χ2n) is 7.83. The average Bonchev–Trinajstić information content (AvgIpc) is 2.80. The summed E-state index contributed by atoms with van der Waals surface area (Å²) in [4.78, 5) is 13.4. The highest BCUT2D eigenvalue weighted by Gasteiger charge is 2.23. The van der Waals surface area contributed by atoms with Crippen LogP contribution in [-0.2, 0) is 16.0 Å². The molecule has 1 atom stereocenters. The van der Waals surface area contributed by atoms with Crippen molar-refractivity contribution < 1.29 is 9.53 Å². The molecule has 0 heterocycles. The number of amides is 1. The predicted molar refractivity (Wildman–Crippen MR) is 128 cm³/mol. The third-order valence-electron chi connectivity index (χ3n) is 5.77. The van der Waals surface area contributed by atoms with Gasteiger partial charge >= 0.3 is 0 Å². The average molecular weight is 410 g/mol. The van der Waals surface area contributed by atoms with Crippen LogP contribution in [0.2, 0.25) is 0 Å². The van der Waals surface area contributed by atoms with Crippen LogP contribution in [0.4, 0.5) is 5.69 Å². The molecule has 4 aromatic rings. The Morgan fingerprint density at radius 2 is 1.52 bits per heavy atom. The zero-order valence-electron chi connectivity index (χ0n) is 18.0. The highest BCUT2D eigenvalue weighted by molar-refractivity contribution is 6.00. The van der Waals surface area contributed by atoms with Crippen molar-refractivity contribution in [3.63, 3.8) is 0 Å². The fourth-order valence-electron chi connectivity index (χ4n) is 4.06. The standard InChI is InChI=1S/C28H27NO2/c1-20-10-3-4-12-22(20)18-23-13-6-8-17-27(23)29-28(30)26(19-31-2)25-16-9-14-21-11-5-7-15-24(21)25/h3-17,26H,18-19H2,1-2H3,(H,29,30). The van der Waals surface area contributed by atoms with E-state index >= 15 is 0 Å². The topological polar surface area (TPSA) is 38.3 Å². The first-order valence-electron chi connectivity index (χ1n) is 10.6. The van der Waals surface area contributed by atoms with Crippen molar-refractivity contribution in [2.75, 3.05) is 19.0 Å². The Labute approximate surface area is 183 Å². The molecule has 0 aliphatic carbocycles. The largest absolute Gasteiger partial charge is 0.384 e. The lowest BCUT2D eigenvalue weighted by Crippen LogP contribution is -2.25. The smallest absolute Gasteiger partial charge is 0.234 e. The third kappa shape index (κ3) is 4.68. The monoisotopic (exact) mass is 409 g/mol. The number of aryl methyl sites for hydroxylation is 1. The number of para-hydroxylation sites is 1. The SMILES string of the molecule is COCC(C(=O)Nc1ccccc1Cc1ccccc1C)c1cccc2ccccc12. The van der Waals surface area contributed by atoms with E-state index in [-0.39, 0.29) is 5.91 Å².